The highest BCUT2D eigenvalue weighted by Crippen LogP contribution is 2.42. The van der Waals surface area contributed by atoms with Crippen LogP contribution in [0.25, 0.3) is 22.2 Å². The largest absolute Gasteiger partial charge is 0.392 e. The lowest BCUT2D eigenvalue weighted by Crippen LogP contribution is -2.39. The highest BCUT2D eigenvalue weighted by Gasteiger charge is 2.38. The molecule has 42 heavy (non-hydrogen) atoms. The number of ether oxygens (including phenoxy) is 2. The highest BCUT2D eigenvalue weighted by molar-refractivity contribution is 5.75. The molecule has 1 fully saturated rings. The molecule has 0 spiro atoms. The molecule has 6 rings (SSSR count). The van der Waals surface area contributed by atoms with Crippen LogP contribution in [0.3, 0.4) is 0 Å². The first-order valence-corrected chi connectivity index (χ1v) is 14.3. The van der Waals surface area contributed by atoms with Gasteiger partial charge in [-0.1, -0.05) is 91.9 Å². The molecule has 0 radical (unpaired) electrons. The lowest BCUT2D eigenvalue weighted by molar-refractivity contribution is -0.276. The van der Waals surface area contributed by atoms with Crippen molar-refractivity contribution < 1.29 is 19.4 Å². The third-order valence-electron chi connectivity index (χ3n) is 8.07. The first-order valence-electron chi connectivity index (χ1n) is 14.3. The maximum Gasteiger partial charge on any atom is 0.217 e. The van der Waals surface area contributed by atoms with Gasteiger partial charge in [0, 0.05) is 24.9 Å². The minimum Gasteiger partial charge on any atom is -0.392 e. The van der Waals surface area contributed by atoms with Gasteiger partial charge in [-0.2, -0.15) is 0 Å². The summed E-state index contributed by atoms with van der Waals surface area (Å²) >= 11 is 0. The van der Waals surface area contributed by atoms with E-state index in [1.807, 2.05) is 67.0 Å². The van der Waals surface area contributed by atoms with Crippen molar-refractivity contribution in [3.8, 4) is 11.1 Å². The molecule has 0 aliphatic carbocycles. The molecule has 1 aromatic heterocycles. The van der Waals surface area contributed by atoms with Gasteiger partial charge < -0.3 is 24.5 Å². The number of hydrogen-bond acceptors (Lipinski definition) is 5. The molecule has 5 aromatic rings. The van der Waals surface area contributed by atoms with E-state index in [0.29, 0.717) is 13.1 Å². The summed E-state index contributed by atoms with van der Waals surface area (Å²) in [4.78, 5) is 16.1. The van der Waals surface area contributed by atoms with Crippen LogP contribution in [0.15, 0.2) is 103 Å². The van der Waals surface area contributed by atoms with E-state index in [9.17, 15) is 9.90 Å². The van der Waals surface area contributed by atoms with Gasteiger partial charge in [-0.15, -0.1) is 0 Å². The van der Waals surface area contributed by atoms with E-state index in [4.69, 9.17) is 9.47 Å². The van der Waals surface area contributed by atoms with E-state index in [-0.39, 0.29) is 30.6 Å². The van der Waals surface area contributed by atoms with Crippen LogP contribution in [-0.4, -0.2) is 26.7 Å². The Morgan fingerprint density at radius 2 is 1.62 bits per heavy atom. The van der Waals surface area contributed by atoms with E-state index < -0.39 is 6.29 Å². The van der Waals surface area contributed by atoms with Crippen LogP contribution in [0, 0.1) is 5.92 Å². The van der Waals surface area contributed by atoms with Crippen LogP contribution in [0.2, 0.25) is 0 Å². The zero-order valence-electron chi connectivity index (χ0n) is 23.8. The summed E-state index contributed by atoms with van der Waals surface area (Å²) in [6, 6.07) is 32.4. The van der Waals surface area contributed by atoms with E-state index in [0.717, 1.165) is 44.4 Å². The number of carbonyl (C=O) groups is 1. The number of aromatic nitrogens is 2. The van der Waals surface area contributed by atoms with Crippen LogP contribution < -0.4 is 5.32 Å². The quantitative estimate of drug-likeness (QED) is 0.232. The molecule has 2 heterocycles. The molecule has 0 unspecified atom stereocenters. The Labute approximate surface area is 245 Å². The smallest absolute Gasteiger partial charge is 0.217 e. The summed E-state index contributed by atoms with van der Waals surface area (Å²) in [5, 5.41) is 12.5. The van der Waals surface area contributed by atoms with Crippen molar-refractivity contribution in [3.05, 3.63) is 126 Å². The Morgan fingerprint density at radius 1 is 0.905 bits per heavy atom. The van der Waals surface area contributed by atoms with Crippen molar-refractivity contribution in [1.82, 2.24) is 14.9 Å². The minimum absolute atomic E-state index is 0.00368. The summed E-state index contributed by atoms with van der Waals surface area (Å²) in [7, 11) is 0. The Morgan fingerprint density at radius 3 is 2.38 bits per heavy atom. The standard InChI is InChI=1S/C35H35N3O4/c1-23-33(20-38-22-37-31-9-5-6-10-32(31)38)41-35(42-34(23)27-13-11-25(21-39)12-14-27)28-17-15-26(16-18-28)30-8-4-3-7-29(30)19-36-24(2)40/h3-18,22-23,33-35,39H,19-21H2,1-2H3,(H,36,40)/t23-,33+,34+,35+/m1/s1. The first-order chi connectivity index (χ1) is 20.5. The number of benzene rings is 4. The Hall–Kier alpha value is -4.30. The fraction of sp³-hybridized carbons (Fsp3) is 0.257. The van der Waals surface area contributed by atoms with Crippen LogP contribution in [0.5, 0.6) is 0 Å². The fourth-order valence-corrected chi connectivity index (χ4v) is 5.67. The van der Waals surface area contributed by atoms with Crippen LogP contribution in [0.1, 0.15) is 48.5 Å². The number of aliphatic hydroxyl groups excluding tert-OH is 1. The minimum atomic E-state index is -0.563. The number of imidazole rings is 1. The summed E-state index contributed by atoms with van der Waals surface area (Å²) in [5.74, 6) is 0.00194. The third-order valence-corrected chi connectivity index (χ3v) is 8.07. The van der Waals surface area contributed by atoms with Crippen molar-refractivity contribution in [2.75, 3.05) is 0 Å². The fourth-order valence-electron chi connectivity index (χ4n) is 5.67. The third kappa shape index (κ3) is 5.85. The summed E-state index contributed by atoms with van der Waals surface area (Å²) in [5.41, 5.74) is 8.07. The van der Waals surface area contributed by atoms with E-state index >= 15 is 0 Å². The second-order valence-corrected chi connectivity index (χ2v) is 10.9. The lowest BCUT2D eigenvalue weighted by Gasteiger charge is -2.41. The Balaban J connectivity index is 1.29. The molecule has 1 amide bonds. The summed E-state index contributed by atoms with van der Waals surface area (Å²) < 4.78 is 15.5. The number of hydrogen-bond donors (Lipinski definition) is 2. The van der Waals surface area contributed by atoms with Gasteiger partial charge in [-0.3, -0.25) is 4.79 Å². The second-order valence-electron chi connectivity index (χ2n) is 10.9. The van der Waals surface area contributed by atoms with Gasteiger partial charge in [-0.25, -0.2) is 4.98 Å². The number of nitrogens with one attached hydrogen (secondary N) is 1. The predicted molar refractivity (Wildman–Crippen MR) is 162 cm³/mol. The second kappa shape index (κ2) is 12.3. The van der Waals surface area contributed by atoms with Crippen molar-refractivity contribution in [1.29, 1.82) is 0 Å². The molecule has 214 valence electrons. The molecular weight excluding hydrogens is 526 g/mol. The van der Waals surface area contributed by atoms with Gasteiger partial charge >= 0.3 is 0 Å². The SMILES string of the molecule is CC(=O)NCc1ccccc1-c1ccc([C@H]2O[C@@H](Cn3cnc4ccccc43)[C@@H](C)[C@@H](c3ccc(CO)cc3)O2)cc1. The van der Waals surface area contributed by atoms with Crippen molar-refractivity contribution in [2.24, 2.45) is 5.92 Å². The monoisotopic (exact) mass is 561 g/mol. The summed E-state index contributed by atoms with van der Waals surface area (Å²) in [6.07, 6.45) is 0.979. The van der Waals surface area contributed by atoms with Crippen molar-refractivity contribution in [2.45, 2.75) is 52.0 Å². The van der Waals surface area contributed by atoms with Gasteiger partial charge in [0.2, 0.25) is 5.91 Å². The molecule has 0 bridgehead atoms. The first kappa shape index (κ1) is 27.8. The van der Waals surface area contributed by atoms with Gasteiger partial charge in [0.05, 0.1) is 42.7 Å². The van der Waals surface area contributed by atoms with Crippen LogP contribution in [-0.2, 0) is 34.0 Å². The number of nitrogens with zero attached hydrogens (tertiary/aromatic N) is 2. The van der Waals surface area contributed by atoms with Crippen molar-refractivity contribution >= 4 is 16.9 Å². The molecule has 7 nitrogen and oxygen atoms in total. The van der Waals surface area contributed by atoms with E-state index in [1.54, 1.807) is 0 Å². The average Bonchev–Trinajstić information content (AvgIpc) is 3.44. The Bertz CT molecular complexity index is 1660. The molecule has 4 aromatic carbocycles. The van der Waals surface area contributed by atoms with Gasteiger partial charge in [-0.05, 0) is 39.9 Å². The van der Waals surface area contributed by atoms with E-state index in [1.165, 1.54) is 6.92 Å². The summed E-state index contributed by atoms with van der Waals surface area (Å²) in [6.45, 7) is 4.81. The molecule has 1 aliphatic heterocycles. The number of aliphatic hydroxyl groups is 1. The number of amides is 1. The molecule has 4 atom stereocenters. The molecule has 7 heteroatoms. The van der Waals surface area contributed by atoms with Gasteiger partial charge in [0.15, 0.2) is 6.29 Å². The molecule has 2 N–H and O–H groups in total. The van der Waals surface area contributed by atoms with Crippen molar-refractivity contribution in [3.63, 3.8) is 0 Å². The zero-order valence-corrected chi connectivity index (χ0v) is 23.8. The maximum atomic E-state index is 11.5. The number of fused-ring (bicyclic) bond motifs is 1. The molecule has 0 saturated carbocycles. The van der Waals surface area contributed by atoms with E-state index in [2.05, 4.69) is 58.2 Å². The lowest BCUT2D eigenvalue weighted by atomic mass is 9.90. The molecular formula is C35H35N3O4. The van der Waals surface area contributed by atoms with Crippen LogP contribution in [0.4, 0.5) is 0 Å². The van der Waals surface area contributed by atoms with Gasteiger partial charge in [0.1, 0.15) is 0 Å². The maximum absolute atomic E-state index is 11.5. The predicted octanol–water partition coefficient (Wildman–Crippen LogP) is 6.32. The number of carbonyl (C=O) groups excluding carboxylic acids is 1. The number of para-hydroxylation sites is 2. The topological polar surface area (TPSA) is 85.6 Å². The molecule has 1 aliphatic rings. The van der Waals surface area contributed by atoms with Gasteiger partial charge in [0.25, 0.3) is 0 Å². The van der Waals surface area contributed by atoms with Crippen LogP contribution >= 0.6 is 0 Å². The normalized spacial score (nSPS) is 20.5. The average molecular weight is 562 g/mol. The Kier molecular flexibility index (Phi) is 8.15. The number of rotatable bonds is 8. The molecule has 1 saturated heterocycles. The zero-order chi connectivity index (χ0) is 29.1. The highest BCUT2D eigenvalue weighted by atomic mass is 16.7.